The first-order chi connectivity index (χ1) is 4.78. The van der Waals surface area contributed by atoms with Crippen LogP contribution in [0.3, 0.4) is 0 Å². The van der Waals surface area contributed by atoms with Crippen LogP contribution in [0.1, 0.15) is 13.8 Å². The van der Waals surface area contributed by atoms with Crippen molar-refractivity contribution in [3.05, 3.63) is 0 Å². The van der Waals surface area contributed by atoms with Gasteiger partial charge in [0.1, 0.15) is 0 Å². The lowest BCUT2D eigenvalue weighted by Gasteiger charge is -2.28. The molecule has 0 aromatic rings. The lowest BCUT2D eigenvalue weighted by molar-refractivity contribution is 0.262. The molecule has 2 N–H and O–H groups in total. The van der Waals surface area contributed by atoms with Gasteiger partial charge in [0, 0.05) is 18.6 Å². The monoisotopic (exact) mass is 214 g/mol. The van der Waals surface area contributed by atoms with E-state index in [2.05, 4.69) is 0 Å². The topological polar surface area (TPSA) is 63.4 Å². The largest absolute Gasteiger partial charge is 0.325 e. The van der Waals surface area contributed by atoms with E-state index in [1.165, 1.54) is 4.31 Å². The molecule has 6 heteroatoms. The molecule has 1 fully saturated rings. The van der Waals surface area contributed by atoms with Gasteiger partial charge in [-0.25, -0.2) is 8.42 Å². The van der Waals surface area contributed by atoms with Gasteiger partial charge < -0.3 is 5.73 Å². The third-order valence-corrected chi connectivity index (χ3v) is 4.61. The first kappa shape index (κ1) is 12.2. The predicted molar refractivity (Wildman–Crippen MR) is 50.9 cm³/mol. The normalized spacial score (nSPS) is 32.8. The Morgan fingerprint density at radius 1 is 1.50 bits per heavy atom. The summed E-state index contributed by atoms with van der Waals surface area (Å²) in [5.41, 5.74) is 5.23. The Morgan fingerprint density at radius 2 is 1.92 bits per heavy atom. The van der Waals surface area contributed by atoms with Crippen molar-refractivity contribution in [1.82, 2.24) is 4.31 Å². The van der Waals surface area contributed by atoms with Gasteiger partial charge in [-0.15, -0.1) is 12.4 Å². The van der Waals surface area contributed by atoms with E-state index in [0.717, 1.165) is 0 Å². The molecule has 0 bridgehead atoms. The zero-order valence-electron chi connectivity index (χ0n) is 7.44. The van der Waals surface area contributed by atoms with E-state index in [0.29, 0.717) is 0 Å². The molecule has 4 nitrogen and oxygen atoms in total. The molecule has 1 unspecified atom stereocenters. The number of nitrogens with two attached hydrogens (primary N) is 1. The predicted octanol–water partition coefficient (Wildman–Crippen LogP) is -0.211. The maximum atomic E-state index is 11.2. The summed E-state index contributed by atoms with van der Waals surface area (Å²) in [5, 5.41) is 0. The lowest BCUT2D eigenvalue weighted by atomic mass is 9.98. The Balaban J connectivity index is 0.00000121. The standard InChI is InChI=1S/C6H14N2O2S.ClH/c1-6(2)5(7)4-11(9,10)8(6)3;/h5H,4,7H2,1-3H3;1H. The number of likely N-dealkylation sites (N-methyl/N-ethyl adjacent to an activating group) is 1. The molecular formula is C6H15ClN2O2S. The van der Waals surface area contributed by atoms with Gasteiger partial charge in [0.05, 0.1) is 5.75 Å². The maximum absolute atomic E-state index is 11.2. The van der Waals surface area contributed by atoms with Gasteiger partial charge in [0.2, 0.25) is 10.0 Å². The second-order valence-corrected chi connectivity index (χ2v) is 5.55. The van der Waals surface area contributed by atoms with E-state index in [1.54, 1.807) is 7.05 Å². The Hall–Kier alpha value is 0.160. The Labute approximate surface area is 79.6 Å². The van der Waals surface area contributed by atoms with Crippen molar-refractivity contribution >= 4 is 22.4 Å². The molecule has 0 aromatic heterocycles. The highest BCUT2D eigenvalue weighted by Gasteiger charge is 2.46. The quantitative estimate of drug-likeness (QED) is 0.607. The van der Waals surface area contributed by atoms with Crippen LogP contribution in [-0.4, -0.2) is 37.1 Å². The van der Waals surface area contributed by atoms with Crippen LogP contribution in [0, 0.1) is 0 Å². The van der Waals surface area contributed by atoms with Gasteiger partial charge in [0.25, 0.3) is 0 Å². The van der Waals surface area contributed by atoms with E-state index in [-0.39, 0.29) is 24.2 Å². The van der Waals surface area contributed by atoms with Crippen molar-refractivity contribution in [2.45, 2.75) is 25.4 Å². The summed E-state index contributed by atoms with van der Waals surface area (Å²) in [7, 11) is -1.50. The van der Waals surface area contributed by atoms with Gasteiger partial charge in [-0.2, -0.15) is 4.31 Å². The molecule has 1 saturated heterocycles. The van der Waals surface area contributed by atoms with Crippen LogP contribution in [0.5, 0.6) is 0 Å². The molecule has 74 valence electrons. The van der Waals surface area contributed by atoms with Crippen molar-refractivity contribution in [3.8, 4) is 0 Å². The fraction of sp³-hybridized carbons (Fsp3) is 1.00. The summed E-state index contributed by atoms with van der Waals surface area (Å²) in [4.78, 5) is 0. The van der Waals surface area contributed by atoms with Gasteiger partial charge in [-0.3, -0.25) is 0 Å². The highest BCUT2D eigenvalue weighted by atomic mass is 35.5. The van der Waals surface area contributed by atoms with E-state index in [4.69, 9.17) is 5.73 Å². The molecule has 0 amide bonds. The number of halogens is 1. The average molecular weight is 215 g/mol. The van der Waals surface area contributed by atoms with Gasteiger partial charge in [-0.05, 0) is 13.8 Å². The molecular weight excluding hydrogens is 200 g/mol. The maximum Gasteiger partial charge on any atom is 0.215 e. The van der Waals surface area contributed by atoms with Crippen molar-refractivity contribution in [3.63, 3.8) is 0 Å². The van der Waals surface area contributed by atoms with Crippen LogP contribution in [-0.2, 0) is 10.0 Å². The summed E-state index contributed by atoms with van der Waals surface area (Å²) in [6.45, 7) is 3.67. The first-order valence-corrected chi connectivity index (χ1v) is 5.11. The van der Waals surface area contributed by atoms with Crippen LogP contribution < -0.4 is 5.73 Å². The van der Waals surface area contributed by atoms with Gasteiger partial charge in [-0.1, -0.05) is 0 Å². The number of hydrogen-bond acceptors (Lipinski definition) is 3. The molecule has 0 saturated carbocycles. The molecule has 0 aromatic carbocycles. The van der Waals surface area contributed by atoms with Crippen LogP contribution in [0.15, 0.2) is 0 Å². The first-order valence-electron chi connectivity index (χ1n) is 3.51. The van der Waals surface area contributed by atoms with Gasteiger partial charge in [0.15, 0.2) is 0 Å². The Bertz CT molecular complexity index is 263. The number of nitrogens with zero attached hydrogens (tertiary/aromatic N) is 1. The minimum atomic E-state index is -3.07. The molecule has 12 heavy (non-hydrogen) atoms. The van der Waals surface area contributed by atoms with Crippen LogP contribution in [0.25, 0.3) is 0 Å². The van der Waals surface area contributed by atoms with Crippen molar-refractivity contribution in [1.29, 1.82) is 0 Å². The van der Waals surface area contributed by atoms with E-state index >= 15 is 0 Å². The molecule has 0 spiro atoms. The fourth-order valence-electron chi connectivity index (χ4n) is 1.13. The SMILES string of the molecule is CN1C(C)(C)C(N)CS1(=O)=O.Cl. The third-order valence-electron chi connectivity index (χ3n) is 2.53. The fourth-order valence-corrected chi connectivity index (χ4v) is 3.07. The second-order valence-electron chi connectivity index (χ2n) is 3.51. The van der Waals surface area contributed by atoms with Crippen molar-refractivity contribution in [2.75, 3.05) is 12.8 Å². The van der Waals surface area contributed by atoms with Crippen molar-refractivity contribution < 1.29 is 8.42 Å². The molecule has 1 atom stereocenters. The van der Waals surface area contributed by atoms with Crippen LogP contribution in [0.2, 0.25) is 0 Å². The van der Waals surface area contributed by atoms with Crippen molar-refractivity contribution in [2.24, 2.45) is 5.73 Å². The Morgan fingerprint density at radius 3 is 2.00 bits per heavy atom. The molecule has 1 aliphatic rings. The van der Waals surface area contributed by atoms with Gasteiger partial charge >= 0.3 is 0 Å². The molecule has 1 aliphatic heterocycles. The zero-order chi connectivity index (χ0) is 8.86. The second kappa shape index (κ2) is 3.14. The highest BCUT2D eigenvalue weighted by Crippen LogP contribution is 2.27. The summed E-state index contributed by atoms with van der Waals surface area (Å²) in [6.07, 6.45) is 0. The van der Waals surface area contributed by atoms with E-state index in [1.807, 2.05) is 13.8 Å². The number of rotatable bonds is 0. The number of sulfonamides is 1. The average Bonchev–Trinajstić information content (AvgIpc) is 1.94. The van der Waals surface area contributed by atoms with Crippen LogP contribution in [0.4, 0.5) is 0 Å². The summed E-state index contributed by atoms with van der Waals surface area (Å²) in [6, 6.07) is -0.280. The minimum absolute atomic E-state index is 0. The summed E-state index contributed by atoms with van der Waals surface area (Å²) < 4.78 is 23.8. The third kappa shape index (κ3) is 1.59. The molecule has 0 aliphatic carbocycles. The summed E-state index contributed by atoms with van der Waals surface area (Å²) >= 11 is 0. The Kier molecular flexibility index (Phi) is 3.18. The molecule has 1 rings (SSSR count). The smallest absolute Gasteiger partial charge is 0.215 e. The summed E-state index contributed by atoms with van der Waals surface area (Å²) in [5.74, 6) is 0.0660. The van der Waals surface area contributed by atoms with Crippen LogP contribution >= 0.6 is 12.4 Å². The minimum Gasteiger partial charge on any atom is -0.325 e. The molecule has 1 heterocycles. The lowest BCUT2D eigenvalue weighted by Crippen LogP contribution is -2.47. The molecule has 0 radical (unpaired) electrons. The van der Waals surface area contributed by atoms with E-state index in [9.17, 15) is 8.42 Å². The number of hydrogen-bond donors (Lipinski definition) is 1. The zero-order valence-corrected chi connectivity index (χ0v) is 9.08. The van der Waals surface area contributed by atoms with E-state index < -0.39 is 15.6 Å². The highest BCUT2D eigenvalue weighted by molar-refractivity contribution is 7.89.